The Kier molecular flexibility index (Phi) is 4.21. The minimum Gasteiger partial charge on any atom is -0.328 e. The van der Waals surface area contributed by atoms with Gasteiger partial charge in [-0.1, -0.05) is 19.4 Å². The Bertz CT molecular complexity index is 303. The SMILES string of the molecule is CCC(Cc1c(F)cccc1F)C(C)N. The number of hydrogen-bond acceptors (Lipinski definition) is 1. The molecule has 0 aliphatic heterocycles. The molecule has 84 valence electrons. The Morgan fingerprint density at radius 3 is 2.20 bits per heavy atom. The topological polar surface area (TPSA) is 26.0 Å². The summed E-state index contributed by atoms with van der Waals surface area (Å²) in [5.41, 5.74) is 5.90. The van der Waals surface area contributed by atoms with Crippen molar-refractivity contribution in [1.82, 2.24) is 0 Å². The lowest BCUT2D eigenvalue weighted by atomic mass is 9.91. The Morgan fingerprint density at radius 2 is 1.80 bits per heavy atom. The van der Waals surface area contributed by atoms with Gasteiger partial charge in [0.05, 0.1) is 0 Å². The van der Waals surface area contributed by atoms with E-state index in [1.165, 1.54) is 18.2 Å². The molecule has 0 fully saturated rings. The van der Waals surface area contributed by atoms with Crippen molar-refractivity contribution in [2.45, 2.75) is 32.7 Å². The van der Waals surface area contributed by atoms with Crippen molar-refractivity contribution in [1.29, 1.82) is 0 Å². The molecule has 3 heteroatoms. The van der Waals surface area contributed by atoms with Crippen molar-refractivity contribution in [2.24, 2.45) is 11.7 Å². The summed E-state index contributed by atoms with van der Waals surface area (Å²) < 4.78 is 26.7. The summed E-state index contributed by atoms with van der Waals surface area (Å²) in [6.07, 6.45) is 1.19. The third kappa shape index (κ3) is 2.99. The first-order valence-corrected chi connectivity index (χ1v) is 5.24. The van der Waals surface area contributed by atoms with Gasteiger partial charge in [0.1, 0.15) is 11.6 Å². The first kappa shape index (κ1) is 12.1. The van der Waals surface area contributed by atoms with Gasteiger partial charge >= 0.3 is 0 Å². The van der Waals surface area contributed by atoms with Crippen LogP contribution in [0.15, 0.2) is 18.2 Å². The van der Waals surface area contributed by atoms with Crippen molar-refractivity contribution in [3.8, 4) is 0 Å². The molecular weight excluding hydrogens is 196 g/mol. The molecule has 0 aliphatic carbocycles. The number of hydrogen-bond donors (Lipinski definition) is 1. The molecule has 2 unspecified atom stereocenters. The highest BCUT2D eigenvalue weighted by Crippen LogP contribution is 2.20. The van der Waals surface area contributed by atoms with Crippen molar-refractivity contribution < 1.29 is 8.78 Å². The number of rotatable bonds is 4. The van der Waals surface area contributed by atoms with Crippen LogP contribution >= 0.6 is 0 Å². The molecule has 0 radical (unpaired) electrons. The molecule has 1 aromatic carbocycles. The fraction of sp³-hybridized carbons (Fsp3) is 0.500. The van der Waals surface area contributed by atoms with E-state index in [0.717, 1.165) is 6.42 Å². The Balaban J connectivity index is 2.87. The van der Waals surface area contributed by atoms with Crippen molar-refractivity contribution >= 4 is 0 Å². The fourth-order valence-electron chi connectivity index (χ4n) is 1.69. The molecule has 0 bridgehead atoms. The van der Waals surface area contributed by atoms with Gasteiger partial charge in [0.25, 0.3) is 0 Å². The van der Waals surface area contributed by atoms with E-state index < -0.39 is 11.6 Å². The molecule has 2 atom stereocenters. The van der Waals surface area contributed by atoms with Crippen molar-refractivity contribution in [3.05, 3.63) is 35.4 Å². The zero-order valence-corrected chi connectivity index (χ0v) is 9.13. The Hall–Kier alpha value is -0.960. The van der Waals surface area contributed by atoms with Crippen molar-refractivity contribution in [3.63, 3.8) is 0 Å². The van der Waals surface area contributed by atoms with Gasteiger partial charge in [0.2, 0.25) is 0 Å². The van der Waals surface area contributed by atoms with Crippen LogP contribution in [-0.4, -0.2) is 6.04 Å². The van der Waals surface area contributed by atoms with Gasteiger partial charge in [-0.3, -0.25) is 0 Å². The first-order chi connectivity index (χ1) is 7.06. The third-order valence-electron chi connectivity index (χ3n) is 2.80. The molecule has 1 rings (SSSR count). The van der Waals surface area contributed by atoms with E-state index in [1.54, 1.807) is 0 Å². The highest BCUT2D eigenvalue weighted by molar-refractivity contribution is 5.20. The molecule has 15 heavy (non-hydrogen) atoms. The average molecular weight is 213 g/mol. The van der Waals surface area contributed by atoms with Gasteiger partial charge in [-0.05, 0) is 31.4 Å². The molecule has 1 aromatic rings. The zero-order valence-electron chi connectivity index (χ0n) is 9.13. The summed E-state index contributed by atoms with van der Waals surface area (Å²) in [5, 5.41) is 0. The van der Waals surface area contributed by atoms with E-state index in [0.29, 0.717) is 6.42 Å². The fourth-order valence-corrected chi connectivity index (χ4v) is 1.69. The van der Waals surface area contributed by atoms with E-state index in [9.17, 15) is 8.78 Å². The first-order valence-electron chi connectivity index (χ1n) is 5.24. The van der Waals surface area contributed by atoms with Gasteiger partial charge in [-0.2, -0.15) is 0 Å². The van der Waals surface area contributed by atoms with Gasteiger partial charge < -0.3 is 5.73 Å². The molecule has 2 N–H and O–H groups in total. The maximum absolute atomic E-state index is 13.3. The van der Waals surface area contributed by atoms with E-state index in [-0.39, 0.29) is 17.5 Å². The third-order valence-corrected chi connectivity index (χ3v) is 2.80. The van der Waals surface area contributed by atoms with Gasteiger partial charge in [0.15, 0.2) is 0 Å². The molecule has 0 saturated heterocycles. The Labute approximate surface area is 89.3 Å². The van der Waals surface area contributed by atoms with E-state index >= 15 is 0 Å². The summed E-state index contributed by atoms with van der Waals surface area (Å²) >= 11 is 0. The van der Waals surface area contributed by atoms with Crippen molar-refractivity contribution in [2.75, 3.05) is 0 Å². The standard InChI is InChI=1S/C12H17F2N/c1-3-9(8(2)15)7-10-11(13)5-4-6-12(10)14/h4-6,8-9H,3,7,15H2,1-2H3. The van der Waals surface area contributed by atoms with Crippen LogP contribution in [-0.2, 0) is 6.42 Å². The van der Waals surface area contributed by atoms with Gasteiger partial charge in [0, 0.05) is 11.6 Å². The minimum absolute atomic E-state index is 0.0472. The second kappa shape index (κ2) is 5.21. The predicted molar refractivity (Wildman–Crippen MR) is 57.5 cm³/mol. The normalized spacial score (nSPS) is 15.0. The lowest BCUT2D eigenvalue weighted by Crippen LogP contribution is -2.28. The summed E-state index contributed by atoms with van der Waals surface area (Å²) in [4.78, 5) is 0. The molecule has 0 spiro atoms. The van der Waals surface area contributed by atoms with Gasteiger partial charge in [-0.25, -0.2) is 8.78 Å². The van der Waals surface area contributed by atoms with Crippen LogP contribution in [0.5, 0.6) is 0 Å². The molecule has 0 aromatic heterocycles. The maximum Gasteiger partial charge on any atom is 0.129 e. The smallest absolute Gasteiger partial charge is 0.129 e. The number of benzene rings is 1. The second-order valence-electron chi connectivity index (χ2n) is 3.93. The lowest BCUT2D eigenvalue weighted by molar-refractivity contribution is 0.410. The Morgan fingerprint density at radius 1 is 1.27 bits per heavy atom. The van der Waals surface area contributed by atoms with Crippen LogP contribution in [0.25, 0.3) is 0 Å². The monoisotopic (exact) mass is 213 g/mol. The van der Waals surface area contributed by atoms with Crippen LogP contribution in [0.1, 0.15) is 25.8 Å². The number of halogens is 2. The zero-order chi connectivity index (χ0) is 11.4. The molecule has 1 nitrogen and oxygen atoms in total. The van der Waals surface area contributed by atoms with Crippen LogP contribution in [0.2, 0.25) is 0 Å². The van der Waals surface area contributed by atoms with Crippen LogP contribution in [0, 0.1) is 17.6 Å². The van der Waals surface area contributed by atoms with E-state index in [2.05, 4.69) is 0 Å². The summed E-state index contributed by atoms with van der Waals surface area (Å²) in [7, 11) is 0. The van der Waals surface area contributed by atoms with Crippen LogP contribution in [0.4, 0.5) is 8.78 Å². The van der Waals surface area contributed by atoms with Crippen LogP contribution < -0.4 is 5.73 Å². The van der Waals surface area contributed by atoms with Crippen LogP contribution in [0.3, 0.4) is 0 Å². The molecular formula is C12H17F2N. The lowest BCUT2D eigenvalue weighted by Gasteiger charge is -2.19. The molecule has 0 saturated carbocycles. The van der Waals surface area contributed by atoms with Gasteiger partial charge in [-0.15, -0.1) is 0 Å². The average Bonchev–Trinajstić information content (AvgIpc) is 2.17. The summed E-state index contributed by atoms with van der Waals surface area (Å²) in [6.45, 7) is 3.85. The highest BCUT2D eigenvalue weighted by atomic mass is 19.1. The maximum atomic E-state index is 13.3. The van der Waals surface area contributed by atoms with E-state index in [1.807, 2.05) is 13.8 Å². The predicted octanol–water partition coefficient (Wildman–Crippen LogP) is 2.88. The molecule has 0 aliphatic rings. The highest BCUT2D eigenvalue weighted by Gasteiger charge is 2.17. The minimum atomic E-state index is -0.478. The number of nitrogens with two attached hydrogens (primary N) is 1. The quantitative estimate of drug-likeness (QED) is 0.817. The molecule has 0 amide bonds. The van der Waals surface area contributed by atoms with E-state index in [4.69, 9.17) is 5.73 Å². The summed E-state index contributed by atoms with van der Waals surface area (Å²) in [6, 6.07) is 3.90. The summed E-state index contributed by atoms with van der Waals surface area (Å²) in [5.74, 6) is -0.834. The second-order valence-corrected chi connectivity index (χ2v) is 3.93. The largest absolute Gasteiger partial charge is 0.328 e. The molecule has 0 heterocycles.